The number of aromatic nitrogens is 2. The van der Waals surface area contributed by atoms with Gasteiger partial charge in [-0.15, -0.1) is 0 Å². The molecule has 8 heteroatoms. The fourth-order valence-corrected chi connectivity index (χ4v) is 5.03. The molecule has 0 radical (unpaired) electrons. The van der Waals surface area contributed by atoms with Gasteiger partial charge in [0.1, 0.15) is 6.61 Å². The van der Waals surface area contributed by atoms with E-state index >= 15 is 0 Å². The van der Waals surface area contributed by atoms with E-state index in [2.05, 4.69) is 4.98 Å². The van der Waals surface area contributed by atoms with Crippen molar-refractivity contribution in [1.29, 1.82) is 0 Å². The van der Waals surface area contributed by atoms with Crippen LogP contribution in [-0.4, -0.2) is 26.2 Å². The van der Waals surface area contributed by atoms with Gasteiger partial charge in [0.15, 0.2) is 4.96 Å². The number of ether oxygens (including phenoxy) is 1. The first-order valence-corrected chi connectivity index (χ1v) is 10.9. The van der Waals surface area contributed by atoms with Gasteiger partial charge in [-0.25, -0.2) is 4.98 Å². The fourth-order valence-electron chi connectivity index (χ4n) is 3.98. The number of carbonyl (C=O) groups is 2. The molecule has 0 fully saturated rings. The first-order valence-electron chi connectivity index (χ1n) is 10.1. The van der Waals surface area contributed by atoms with Gasteiger partial charge in [0, 0.05) is 19.2 Å². The summed E-state index contributed by atoms with van der Waals surface area (Å²) in [6, 6.07) is 16.2. The molecule has 4 aromatic rings. The lowest BCUT2D eigenvalue weighted by atomic mass is 9.94. The van der Waals surface area contributed by atoms with Crippen LogP contribution in [-0.2, 0) is 20.9 Å². The number of hydrogen-bond donors (Lipinski definition) is 0. The van der Waals surface area contributed by atoms with E-state index < -0.39 is 12.0 Å². The van der Waals surface area contributed by atoms with Gasteiger partial charge in [-0.3, -0.25) is 18.8 Å². The third kappa shape index (κ3) is 3.58. The normalized spacial score (nSPS) is 15.2. The number of amides is 1. The molecule has 1 atom stereocenters. The highest BCUT2D eigenvalue weighted by molar-refractivity contribution is 7.23. The summed E-state index contributed by atoms with van der Waals surface area (Å²) in [4.78, 5) is 44.0. The molecule has 1 aliphatic heterocycles. The second-order valence-electron chi connectivity index (χ2n) is 7.53. The molecule has 2 aromatic heterocycles. The van der Waals surface area contributed by atoms with E-state index in [9.17, 15) is 14.4 Å². The number of carbonyl (C=O) groups excluding carboxylic acids is 2. The largest absolute Gasteiger partial charge is 0.459 e. The molecule has 3 heterocycles. The van der Waals surface area contributed by atoms with E-state index in [4.69, 9.17) is 4.74 Å². The Morgan fingerprint density at radius 2 is 1.91 bits per heavy atom. The molecular formula is C24H19N3O4S. The highest BCUT2D eigenvalue weighted by atomic mass is 32.1. The molecule has 5 rings (SSSR count). The zero-order chi connectivity index (χ0) is 22.2. The highest BCUT2D eigenvalue weighted by Gasteiger charge is 2.28. The van der Waals surface area contributed by atoms with Crippen molar-refractivity contribution in [3.63, 3.8) is 0 Å². The van der Waals surface area contributed by atoms with Crippen LogP contribution in [0.4, 0.5) is 0 Å². The molecular weight excluding hydrogens is 426 g/mol. The molecule has 0 saturated carbocycles. The average molecular weight is 446 g/mol. The minimum absolute atomic E-state index is 0.00501. The monoisotopic (exact) mass is 445 g/mol. The SMILES string of the molecule is CC(=O)N1C=Cc2ccccc2[C@@H]1CC(=O)OCc1cc(=O)n2c(n1)sc1ccccc12. The summed E-state index contributed by atoms with van der Waals surface area (Å²) < 4.78 is 7.96. The molecule has 2 aromatic carbocycles. The fraction of sp³-hybridized carbons (Fsp3) is 0.167. The predicted octanol–water partition coefficient (Wildman–Crippen LogP) is 3.92. The summed E-state index contributed by atoms with van der Waals surface area (Å²) in [6.45, 7) is 1.36. The number of para-hydroxylation sites is 1. The maximum atomic E-state index is 12.7. The van der Waals surface area contributed by atoms with E-state index in [1.165, 1.54) is 29.2 Å². The second-order valence-corrected chi connectivity index (χ2v) is 8.53. The summed E-state index contributed by atoms with van der Waals surface area (Å²) in [5, 5.41) is 0. The van der Waals surface area contributed by atoms with Gasteiger partial charge in [-0.2, -0.15) is 0 Å². The Bertz CT molecular complexity index is 1450. The topological polar surface area (TPSA) is 81.0 Å². The molecule has 0 aliphatic carbocycles. The molecule has 0 unspecified atom stereocenters. The lowest BCUT2D eigenvalue weighted by Gasteiger charge is -2.32. The van der Waals surface area contributed by atoms with E-state index in [-0.39, 0.29) is 24.5 Å². The first kappa shape index (κ1) is 20.1. The van der Waals surface area contributed by atoms with Crippen LogP contribution in [0.5, 0.6) is 0 Å². The first-order chi connectivity index (χ1) is 15.5. The Labute approximate surface area is 187 Å². The van der Waals surface area contributed by atoms with Gasteiger partial charge in [0.05, 0.1) is 28.4 Å². The number of thiazole rings is 1. The zero-order valence-electron chi connectivity index (χ0n) is 17.2. The summed E-state index contributed by atoms with van der Waals surface area (Å²) in [5.74, 6) is -0.622. The molecule has 0 spiro atoms. The number of hydrogen-bond acceptors (Lipinski definition) is 6. The standard InChI is InChI=1S/C24H19N3O4S/c1-15(28)26-11-10-16-6-2-3-7-18(16)20(26)13-23(30)31-14-17-12-22(29)27-19-8-4-5-9-21(19)32-24(27)25-17/h2-12,20H,13-14H2,1H3/t20-/m0/s1. The van der Waals surface area contributed by atoms with Crippen molar-refractivity contribution >= 4 is 44.5 Å². The van der Waals surface area contributed by atoms with Crippen molar-refractivity contribution in [2.24, 2.45) is 0 Å². The summed E-state index contributed by atoms with van der Waals surface area (Å²) in [7, 11) is 0. The van der Waals surface area contributed by atoms with E-state index in [1.807, 2.05) is 54.6 Å². The van der Waals surface area contributed by atoms with Crippen LogP contribution in [0, 0.1) is 0 Å². The Morgan fingerprint density at radius 3 is 2.75 bits per heavy atom. The molecule has 160 valence electrons. The maximum absolute atomic E-state index is 12.7. The zero-order valence-corrected chi connectivity index (χ0v) is 18.0. The van der Waals surface area contributed by atoms with Gasteiger partial charge in [-0.1, -0.05) is 47.7 Å². The van der Waals surface area contributed by atoms with Crippen molar-refractivity contribution < 1.29 is 14.3 Å². The van der Waals surface area contributed by atoms with Crippen LogP contribution in [0.25, 0.3) is 21.3 Å². The number of rotatable bonds is 4. The Balaban J connectivity index is 1.35. The molecule has 7 nitrogen and oxygen atoms in total. The maximum Gasteiger partial charge on any atom is 0.308 e. The minimum Gasteiger partial charge on any atom is -0.459 e. The lowest BCUT2D eigenvalue weighted by Crippen LogP contribution is -2.32. The van der Waals surface area contributed by atoms with E-state index in [0.29, 0.717) is 10.7 Å². The average Bonchev–Trinajstić information content (AvgIpc) is 3.16. The smallest absolute Gasteiger partial charge is 0.308 e. The van der Waals surface area contributed by atoms with Crippen LogP contribution in [0.15, 0.2) is 65.6 Å². The van der Waals surface area contributed by atoms with Crippen LogP contribution in [0.2, 0.25) is 0 Å². The molecule has 32 heavy (non-hydrogen) atoms. The van der Waals surface area contributed by atoms with Crippen LogP contribution in [0.3, 0.4) is 0 Å². The molecule has 0 bridgehead atoms. The number of benzene rings is 2. The van der Waals surface area contributed by atoms with E-state index in [1.54, 1.807) is 10.6 Å². The van der Waals surface area contributed by atoms with Gasteiger partial charge in [-0.05, 0) is 29.3 Å². The van der Waals surface area contributed by atoms with Crippen LogP contribution >= 0.6 is 11.3 Å². The molecule has 1 aliphatic rings. The predicted molar refractivity (Wildman–Crippen MR) is 122 cm³/mol. The quantitative estimate of drug-likeness (QED) is 0.445. The van der Waals surface area contributed by atoms with Gasteiger partial charge in [0.2, 0.25) is 5.91 Å². The summed E-state index contributed by atoms with van der Waals surface area (Å²) >= 11 is 1.41. The van der Waals surface area contributed by atoms with Gasteiger partial charge in [0.25, 0.3) is 5.56 Å². The number of nitrogens with zero attached hydrogens (tertiary/aromatic N) is 3. The van der Waals surface area contributed by atoms with Gasteiger partial charge >= 0.3 is 5.97 Å². The molecule has 0 N–H and O–H groups in total. The lowest BCUT2D eigenvalue weighted by molar-refractivity contribution is -0.147. The van der Waals surface area contributed by atoms with Crippen LogP contribution in [0.1, 0.15) is 36.2 Å². The van der Waals surface area contributed by atoms with Crippen molar-refractivity contribution in [3.8, 4) is 0 Å². The molecule has 1 amide bonds. The summed E-state index contributed by atoms with van der Waals surface area (Å²) in [5.41, 5.74) is 2.84. The number of esters is 1. The van der Waals surface area contributed by atoms with Crippen molar-refractivity contribution in [2.45, 2.75) is 26.0 Å². The summed E-state index contributed by atoms with van der Waals surface area (Å²) in [6.07, 6.45) is 3.56. The van der Waals surface area contributed by atoms with Crippen molar-refractivity contribution in [1.82, 2.24) is 14.3 Å². The Kier molecular flexibility index (Phi) is 5.07. The second kappa shape index (κ2) is 8.05. The third-order valence-electron chi connectivity index (χ3n) is 5.46. The van der Waals surface area contributed by atoms with Crippen molar-refractivity contribution in [3.05, 3.63) is 88.0 Å². The Hall–Kier alpha value is -3.78. The number of fused-ring (bicyclic) bond motifs is 4. The van der Waals surface area contributed by atoms with Crippen molar-refractivity contribution in [2.75, 3.05) is 0 Å². The molecule has 0 saturated heterocycles. The van der Waals surface area contributed by atoms with Crippen LogP contribution < -0.4 is 5.56 Å². The van der Waals surface area contributed by atoms with Gasteiger partial charge < -0.3 is 9.64 Å². The third-order valence-corrected chi connectivity index (χ3v) is 6.48. The highest BCUT2D eigenvalue weighted by Crippen LogP contribution is 2.33. The Morgan fingerprint density at radius 1 is 1.12 bits per heavy atom. The minimum atomic E-state index is -0.468. The van der Waals surface area contributed by atoms with E-state index in [0.717, 1.165) is 21.3 Å².